The van der Waals surface area contributed by atoms with Crippen LogP contribution >= 0.6 is 11.8 Å². The van der Waals surface area contributed by atoms with Crippen LogP contribution in [0, 0.1) is 0 Å². The van der Waals surface area contributed by atoms with Crippen LogP contribution in [0.15, 0.2) is 12.7 Å². The smallest absolute Gasteiger partial charge is 0.167 e. The minimum absolute atomic E-state index is 0.232. The maximum absolute atomic E-state index is 10.5. The maximum Gasteiger partial charge on any atom is 0.167 e. The molecule has 0 spiro atoms. The van der Waals surface area contributed by atoms with Crippen LogP contribution in [0.4, 0.5) is 5.82 Å². The Morgan fingerprint density at radius 1 is 1.36 bits per heavy atom. The van der Waals surface area contributed by atoms with Crippen LogP contribution in [0.5, 0.6) is 0 Å². The van der Waals surface area contributed by atoms with Gasteiger partial charge in [-0.2, -0.15) is 11.8 Å². The number of hydrogen-bond acceptors (Lipinski definition) is 10. The molecule has 11 heteroatoms. The molecule has 0 amide bonds. The van der Waals surface area contributed by atoms with Crippen LogP contribution in [0.25, 0.3) is 11.2 Å². The number of hydrogen-bond donors (Lipinski definition) is 4. The summed E-state index contributed by atoms with van der Waals surface area (Å²) in [7, 11) is 0. The zero-order valence-electron chi connectivity index (χ0n) is 13.3. The highest BCUT2D eigenvalue weighted by Crippen LogP contribution is 2.33. The monoisotopic (exact) mass is 368 g/mol. The molecule has 2 aromatic rings. The Morgan fingerprint density at radius 2 is 2.16 bits per heavy atom. The zero-order valence-corrected chi connectivity index (χ0v) is 14.1. The summed E-state index contributed by atoms with van der Waals surface area (Å²) in [6, 6.07) is -0.484. The van der Waals surface area contributed by atoms with Gasteiger partial charge in [-0.25, -0.2) is 15.0 Å². The van der Waals surface area contributed by atoms with E-state index in [1.54, 1.807) is 0 Å². The van der Waals surface area contributed by atoms with Crippen LogP contribution in [0.3, 0.4) is 0 Å². The van der Waals surface area contributed by atoms with Gasteiger partial charge in [0.15, 0.2) is 17.7 Å². The third-order valence-corrected chi connectivity index (χ3v) is 5.14. The van der Waals surface area contributed by atoms with E-state index in [2.05, 4.69) is 15.0 Å². The van der Waals surface area contributed by atoms with Gasteiger partial charge in [0, 0.05) is 5.75 Å². The number of nitrogen functional groups attached to an aromatic ring is 1. The standard InChI is InChI=1S/C14H20N6O4S/c15-7(3-21)1-2-25-4-8-10(22)11(23)14(24-8)20-6-19-9-12(16)17-5-18-13(9)20/h3,5-8,10-11,14,22-23H,1-2,4,15H2,(H2,16,17,18)/t7-,8?,10?,11?,14?/m1/s1. The Kier molecular flexibility index (Phi) is 5.49. The number of thioether (sulfide) groups is 1. The SMILES string of the molecule is Nc1ncnc2c1ncn2C1OC(CSCC[C@@H](N)C=O)C(O)C1O. The van der Waals surface area contributed by atoms with Gasteiger partial charge in [-0.3, -0.25) is 4.57 Å². The second-order valence-corrected chi connectivity index (χ2v) is 6.94. The number of nitrogens with zero attached hydrogens (tertiary/aromatic N) is 4. The van der Waals surface area contributed by atoms with Gasteiger partial charge in [0.05, 0.1) is 18.5 Å². The van der Waals surface area contributed by atoms with Crippen molar-refractivity contribution in [3.05, 3.63) is 12.7 Å². The Morgan fingerprint density at radius 3 is 2.92 bits per heavy atom. The van der Waals surface area contributed by atoms with Gasteiger partial charge in [-0.05, 0) is 12.2 Å². The fourth-order valence-electron chi connectivity index (χ4n) is 2.64. The Balaban J connectivity index is 1.67. The molecule has 3 heterocycles. The lowest BCUT2D eigenvalue weighted by Crippen LogP contribution is -2.32. The summed E-state index contributed by atoms with van der Waals surface area (Å²) in [6.45, 7) is 0. The minimum atomic E-state index is -1.13. The molecule has 6 N–H and O–H groups in total. The van der Waals surface area contributed by atoms with Crippen molar-refractivity contribution in [3.8, 4) is 0 Å². The molecule has 0 aromatic carbocycles. The molecule has 4 unspecified atom stereocenters. The molecule has 1 fully saturated rings. The predicted molar refractivity (Wildman–Crippen MR) is 91.6 cm³/mol. The average molecular weight is 368 g/mol. The molecule has 0 bridgehead atoms. The van der Waals surface area contributed by atoms with Gasteiger partial charge in [0.25, 0.3) is 0 Å². The first-order chi connectivity index (χ1) is 12.0. The molecule has 5 atom stereocenters. The van der Waals surface area contributed by atoms with Crippen LogP contribution in [0.2, 0.25) is 0 Å². The summed E-state index contributed by atoms with van der Waals surface area (Å²) in [5.41, 5.74) is 12.1. The lowest BCUT2D eigenvalue weighted by molar-refractivity contribution is -0.108. The lowest BCUT2D eigenvalue weighted by Gasteiger charge is -2.16. The molecule has 2 aromatic heterocycles. The van der Waals surface area contributed by atoms with Crippen molar-refractivity contribution >= 4 is 35.0 Å². The van der Waals surface area contributed by atoms with Crippen LogP contribution in [-0.2, 0) is 9.53 Å². The number of imidazole rings is 1. The Hall–Kier alpha value is -1.79. The highest BCUT2D eigenvalue weighted by atomic mass is 32.2. The molecule has 0 radical (unpaired) electrons. The van der Waals surface area contributed by atoms with Crippen molar-refractivity contribution in [1.82, 2.24) is 19.5 Å². The quantitative estimate of drug-likeness (QED) is 0.340. The summed E-state index contributed by atoms with van der Waals surface area (Å²) in [5.74, 6) is 1.35. The number of aromatic nitrogens is 4. The minimum Gasteiger partial charge on any atom is -0.387 e. The number of carbonyl (C=O) groups is 1. The molecule has 3 rings (SSSR count). The second kappa shape index (κ2) is 7.62. The van der Waals surface area contributed by atoms with E-state index in [4.69, 9.17) is 16.2 Å². The van der Waals surface area contributed by atoms with Crippen molar-refractivity contribution in [2.75, 3.05) is 17.2 Å². The molecular weight excluding hydrogens is 348 g/mol. The normalized spacial score (nSPS) is 27.6. The van der Waals surface area contributed by atoms with Crippen molar-refractivity contribution in [2.45, 2.75) is 37.0 Å². The number of carbonyl (C=O) groups excluding carboxylic acids is 1. The van der Waals surface area contributed by atoms with Crippen molar-refractivity contribution in [2.24, 2.45) is 5.73 Å². The van der Waals surface area contributed by atoms with Gasteiger partial charge < -0.3 is 31.2 Å². The molecule has 136 valence electrons. The van der Waals surface area contributed by atoms with Gasteiger partial charge >= 0.3 is 0 Å². The number of nitrogens with two attached hydrogens (primary N) is 2. The van der Waals surface area contributed by atoms with Gasteiger partial charge in [-0.15, -0.1) is 0 Å². The lowest BCUT2D eigenvalue weighted by atomic mass is 10.1. The van der Waals surface area contributed by atoms with Crippen LogP contribution in [-0.4, -0.2) is 71.9 Å². The van der Waals surface area contributed by atoms with Crippen molar-refractivity contribution in [1.29, 1.82) is 0 Å². The summed E-state index contributed by atoms with van der Waals surface area (Å²) in [5, 5.41) is 20.6. The van der Waals surface area contributed by atoms with E-state index in [1.807, 2.05) is 0 Å². The van der Waals surface area contributed by atoms with Gasteiger partial charge in [-0.1, -0.05) is 0 Å². The molecule has 0 aliphatic carbocycles. The first-order valence-electron chi connectivity index (χ1n) is 7.76. The van der Waals surface area contributed by atoms with Crippen molar-refractivity contribution < 1.29 is 19.7 Å². The van der Waals surface area contributed by atoms with E-state index >= 15 is 0 Å². The maximum atomic E-state index is 10.5. The summed E-state index contributed by atoms with van der Waals surface area (Å²) in [6.07, 6.45) is 0.452. The van der Waals surface area contributed by atoms with Crippen molar-refractivity contribution in [3.63, 3.8) is 0 Å². The van der Waals surface area contributed by atoms with E-state index < -0.39 is 30.6 Å². The molecule has 1 aliphatic heterocycles. The third-order valence-electron chi connectivity index (χ3n) is 4.05. The number of aldehydes is 1. The average Bonchev–Trinajstić information content (AvgIpc) is 3.15. The first kappa shape index (κ1) is 18.0. The van der Waals surface area contributed by atoms with Gasteiger partial charge in [0.2, 0.25) is 0 Å². The highest BCUT2D eigenvalue weighted by Gasteiger charge is 2.44. The molecule has 10 nitrogen and oxygen atoms in total. The number of aliphatic hydroxyl groups is 2. The summed E-state index contributed by atoms with van der Waals surface area (Å²) in [4.78, 5) is 22.6. The first-order valence-corrected chi connectivity index (χ1v) is 8.91. The van der Waals surface area contributed by atoms with E-state index in [-0.39, 0.29) is 5.82 Å². The summed E-state index contributed by atoms with van der Waals surface area (Å²) < 4.78 is 7.35. The largest absolute Gasteiger partial charge is 0.387 e. The number of fused-ring (bicyclic) bond motifs is 1. The number of anilines is 1. The predicted octanol–water partition coefficient (Wildman–Crippen LogP) is -1.32. The topological polar surface area (TPSA) is 162 Å². The van der Waals surface area contributed by atoms with E-state index in [1.165, 1.54) is 29.0 Å². The molecule has 25 heavy (non-hydrogen) atoms. The van der Waals surface area contributed by atoms with Crippen LogP contribution < -0.4 is 11.5 Å². The number of rotatable bonds is 7. The fraction of sp³-hybridized carbons (Fsp3) is 0.571. The van der Waals surface area contributed by atoms with Crippen LogP contribution in [0.1, 0.15) is 12.6 Å². The third kappa shape index (κ3) is 3.60. The molecule has 0 saturated carbocycles. The van der Waals surface area contributed by atoms with E-state index in [0.29, 0.717) is 35.4 Å². The number of ether oxygens (including phenoxy) is 1. The second-order valence-electron chi connectivity index (χ2n) is 5.79. The molecule has 1 saturated heterocycles. The highest BCUT2D eigenvalue weighted by molar-refractivity contribution is 7.99. The molecular formula is C14H20N6O4S. The molecule has 1 aliphatic rings. The Bertz CT molecular complexity index is 743. The van der Waals surface area contributed by atoms with Gasteiger partial charge in [0.1, 0.15) is 30.3 Å². The fourth-order valence-corrected chi connectivity index (χ4v) is 3.75. The van der Waals surface area contributed by atoms with E-state index in [9.17, 15) is 15.0 Å². The number of aliphatic hydroxyl groups excluding tert-OH is 2. The Labute approximate surface area is 147 Å². The zero-order chi connectivity index (χ0) is 18.0. The van der Waals surface area contributed by atoms with E-state index in [0.717, 1.165) is 0 Å². The summed E-state index contributed by atoms with van der Waals surface area (Å²) >= 11 is 1.50.